The molecule has 35 heavy (non-hydrogen) atoms. The second-order valence-electron chi connectivity index (χ2n) is 9.71. The largest absolute Gasteiger partial charge is 0.497 e. The molecule has 1 aliphatic carbocycles. The van der Waals surface area contributed by atoms with Crippen LogP contribution in [0.2, 0.25) is 0 Å². The summed E-state index contributed by atoms with van der Waals surface area (Å²) in [7, 11) is 1.70. The fourth-order valence-corrected chi connectivity index (χ4v) is 5.07. The molecule has 1 saturated carbocycles. The van der Waals surface area contributed by atoms with Gasteiger partial charge in [-0.2, -0.15) is 5.26 Å². The van der Waals surface area contributed by atoms with E-state index in [1.807, 2.05) is 37.4 Å². The van der Waals surface area contributed by atoms with Crippen molar-refractivity contribution in [2.24, 2.45) is 0 Å². The number of rotatable bonds is 6. The highest BCUT2D eigenvalue weighted by Crippen LogP contribution is 2.48. The van der Waals surface area contributed by atoms with Gasteiger partial charge in [0, 0.05) is 11.8 Å². The summed E-state index contributed by atoms with van der Waals surface area (Å²) < 4.78 is 10.9. The number of carbonyl (C=O) groups excluding carboxylic acids is 1. The summed E-state index contributed by atoms with van der Waals surface area (Å²) >= 11 is 0. The predicted molar refractivity (Wildman–Crippen MR) is 132 cm³/mol. The van der Waals surface area contributed by atoms with Gasteiger partial charge in [-0.1, -0.05) is 18.2 Å². The van der Waals surface area contributed by atoms with E-state index >= 15 is 0 Å². The van der Waals surface area contributed by atoms with Gasteiger partial charge in [0.05, 0.1) is 38.6 Å². The number of fused-ring (bicyclic) bond motifs is 1. The molecule has 1 amide bonds. The molecule has 178 valence electrons. The molecule has 2 aromatic carbocycles. The van der Waals surface area contributed by atoms with E-state index in [0.717, 1.165) is 35.4 Å². The second kappa shape index (κ2) is 9.52. The van der Waals surface area contributed by atoms with Crippen LogP contribution in [0, 0.1) is 11.3 Å². The van der Waals surface area contributed by atoms with Gasteiger partial charge in [-0.3, -0.25) is 9.78 Å². The molecule has 5 rings (SSSR count). The number of nitrogens with one attached hydrogen (secondary N) is 1. The Morgan fingerprint density at radius 1 is 1.17 bits per heavy atom. The summed E-state index contributed by atoms with van der Waals surface area (Å²) in [6.07, 6.45) is 4.02. The molecule has 2 heterocycles. The lowest BCUT2D eigenvalue weighted by Gasteiger charge is -2.36. The molecule has 6 heteroatoms. The van der Waals surface area contributed by atoms with Crippen molar-refractivity contribution in [3.05, 3.63) is 94.3 Å². The number of aromatic nitrogens is 1. The van der Waals surface area contributed by atoms with E-state index < -0.39 is 5.41 Å². The summed E-state index contributed by atoms with van der Waals surface area (Å²) in [6, 6.07) is 20.3. The van der Waals surface area contributed by atoms with Crippen LogP contribution in [0.5, 0.6) is 5.75 Å². The summed E-state index contributed by atoms with van der Waals surface area (Å²) in [4.78, 5) is 17.3. The molecule has 1 fully saturated rings. The molecule has 2 aliphatic rings. The van der Waals surface area contributed by atoms with Crippen molar-refractivity contribution in [2.75, 3.05) is 13.7 Å². The van der Waals surface area contributed by atoms with Gasteiger partial charge >= 0.3 is 0 Å². The monoisotopic (exact) mass is 467 g/mol. The molecular weight excluding hydrogens is 438 g/mol. The maximum absolute atomic E-state index is 12.9. The number of nitrogens with zero attached hydrogens (tertiary/aromatic N) is 2. The van der Waals surface area contributed by atoms with Crippen molar-refractivity contribution < 1.29 is 14.3 Å². The second-order valence-corrected chi connectivity index (χ2v) is 9.71. The van der Waals surface area contributed by atoms with Crippen molar-refractivity contribution in [1.29, 1.82) is 5.26 Å². The van der Waals surface area contributed by atoms with Crippen molar-refractivity contribution in [1.82, 2.24) is 10.3 Å². The van der Waals surface area contributed by atoms with Crippen LogP contribution in [0.3, 0.4) is 0 Å². The number of carbonyl (C=O) groups is 1. The Bertz CT molecular complexity index is 1290. The molecule has 3 aromatic rings. The van der Waals surface area contributed by atoms with E-state index in [1.165, 1.54) is 11.1 Å². The first-order chi connectivity index (χ1) is 17.0. The van der Waals surface area contributed by atoms with E-state index in [4.69, 9.17) is 9.47 Å². The summed E-state index contributed by atoms with van der Waals surface area (Å²) in [5, 5.41) is 12.6. The highest BCUT2D eigenvalue weighted by molar-refractivity contribution is 5.94. The molecule has 1 N–H and O–H groups in total. The lowest BCUT2D eigenvalue weighted by Crippen LogP contribution is -2.33. The first kappa shape index (κ1) is 23.1. The summed E-state index contributed by atoms with van der Waals surface area (Å²) in [5.74, 6) is 1.76. The fourth-order valence-electron chi connectivity index (χ4n) is 5.07. The number of hydrogen-bond donors (Lipinski definition) is 1. The van der Waals surface area contributed by atoms with Gasteiger partial charge in [0.1, 0.15) is 11.2 Å². The van der Waals surface area contributed by atoms with E-state index in [2.05, 4.69) is 40.6 Å². The lowest BCUT2D eigenvalue weighted by atomic mass is 9.68. The summed E-state index contributed by atoms with van der Waals surface area (Å²) in [5.41, 5.74) is 5.06. The molecule has 1 atom stereocenters. The van der Waals surface area contributed by atoms with Crippen molar-refractivity contribution in [3.63, 3.8) is 0 Å². The van der Waals surface area contributed by atoms with Gasteiger partial charge in [-0.05, 0) is 90.3 Å². The first-order valence-corrected chi connectivity index (χ1v) is 12.0. The molecule has 1 aliphatic heterocycles. The minimum Gasteiger partial charge on any atom is -0.497 e. The van der Waals surface area contributed by atoms with Gasteiger partial charge in [-0.15, -0.1) is 0 Å². The quantitative estimate of drug-likeness (QED) is 0.552. The van der Waals surface area contributed by atoms with Crippen molar-refractivity contribution in [2.45, 2.75) is 50.2 Å². The number of benzene rings is 2. The average molecular weight is 468 g/mol. The Balaban J connectivity index is 1.21. The third-order valence-corrected chi connectivity index (χ3v) is 7.31. The fraction of sp³-hybridized carbons (Fsp3) is 0.345. The van der Waals surface area contributed by atoms with Crippen molar-refractivity contribution >= 4 is 5.91 Å². The molecule has 6 nitrogen and oxygen atoms in total. The van der Waals surface area contributed by atoms with Crippen LogP contribution in [0.4, 0.5) is 0 Å². The minimum atomic E-state index is -0.745. The highest BCUT2D eigenvalue weighted by Gasteiger charge is 2.34. The van der Waals surface area contributed by atoms with Gasteiger partial charge < -0.3 is 14.8 Å². The summed E-state index contributed by atoms with van der Waals surface area (Å²) in [6.45, 7) is 3.00. The van der Waals surface area contributed by atoms with Crippen molar-refractivity contribution in [3.8, 4) is 11.8 Å². The van der Waals surface area contributed by atoms with Gasteiger partial charge in [-0.25, -0.2) is 0 Å². The Hall–Kier alpha value is -3.69. The average Bonchev–Trinajstić information content (AvgIpc) is 2.87. The molecule has 0 spiro atoms. The van der Waals surface area contributed by atoms with E-state index in [9.17, 15) is 10.1 Å². The Kier molecular flexibility index (Phi) is 6.27. The zero-order valence-corrected chi connectivity index (χ0v) is 20.1. The Morgan fingerprint density at radius 3 is 2.74 bits per heavy atom. The number of pyridine rings is 1. The third kappa shape index (κ3) is 4.65. The van der Waals surface area contributed by atoms with Gasteiger partial charge in [0.15, 0.2) is 0 Å². The molecule has 0 radical (unpaired) electrons. The molecule has 0 unspecified atom stereocenters. The van der Waals surface area contributed by atoms with Crippen LogP contribution >= 0.6 is 0 Å². The van der Waals surface area contributed by atoms with E-state index in [0.29, 0.717) is 37.2 Å². The smallest absolute Gasteiger partial charge is 0.251 e. The maximum Gasteiger partial charge on any atom is 0.251 e. The van der Waals surface area contributed by atoms with Crippen LogP contribution in [0.1, 0.15) is 69.9 Å². The number of nitriles is 1. The highest BCUT2D eigenvalue weighted by atomic mass is 16.5. The normalized spacial score (nSPS) is 22.9. The Morgan fingerprint density at radius 2 is 1.97 bits per heavy atom. The number of methoxy groups -OCH3 is 1. The van der Waals surface area contributed by atoms with E-state index in [-0.39, 0.29) is 5.91 Å². The van der Waals surface area contributed by atoms with Crippen LogP contribution in [-0.2, 0) is 23.3 Å². The molecule has 0 saturated heterocycles. The van der Waals surface area contributed by atoms with Crippen LogP contribution < -0.4 is 10.1 Å². The number of amides is 1. The van der Waals surface area contributed by atoms with Gasteiger partial charge in [0.25, 0.3) is 5.91 Å². The molecular formula is C29H29N3O3. The maximum atomic E-state index is 12.9. The topological polar surface area (TPSA) is 84.2 Å². The number of hydrogen-bond acceptors (Lipinski definition) is 5. The minimum absolute atomic E-state index is 0.173. The lowest BCUT2D eigenvalue weighted by molar-refractivity contribution is 0.0757. The van der Waals surface area contributed by atoms with E-state index in [1.54, 1.807) is 13.2 Å². The zero-order chi connectivity index (χ0) is 24.4. The third-order valence-electron chi connectivity index (χ3n) is 7.31. The van der Waals surface area contributed by atoms with Crippen LogP contribution in [0.15, 0.2) is 60.8 Å². The molecule has 0 bridgehead atoms. The van der Waals surface area contributed by atoms with Crippen LogP contribution in [0.25, 0.3) is 0 Å². The Labute approximate surface area is 205 Å². The first-order valence-electron chi connectivity index (χ1n) is 12.0. The number of ether oxygens (including phenoxy) is 2. The standard InChI is InChI=1S/C29H29N3O3/c1-29(17-30)18-35-16-22-7-6-21(14-27(22)29)28(33)32-15-25-12-20(8-9-31-25)24-10-23(11-24)19-4-3-5-26(13-19)34-2/h3-9,12-14,23-24H,10-11,15-16,18H2,1-2H3,(H,32,33)/t23-,24+,29-/m1/s1. The molecule has 1 aromatic heterocycles. The van der Waals surface area contributed by atoms with Crippen LogP contribution in [-0.4, -0.2) is 24.6 Å². The van der Waals surface area contributed by atoms with Gasteiger partial charge in [0.2, 0.25) is 0 Å². The predicted octanol–water partition coefficient (Wildman–Crippen LogP) is 4.99. The SMILES string of the molecule is COc1cccc([C@H]2C[C@@H](c3ccnc(CNC(=O)c4ccc5c(c4)[C@](C)(C#N)COC5)c3)C2)c1. The zero-order valence-electron chi connectivity index (χ0n) is 20.1.